The van der Waals surface area contributed by atoms with Crippen molar-refractivity contribution >= 4 is 0 Å². The van der Waals surface area contributed by atoms with Gasteiger partial charge in [-0.2, -0.15) is 0 Å². The fourth-order valence-electron chi connectivity index (χ4n) is 2.76. The van der Waals surface area contributed by atoms with Crippen LogP contribution in [-0.2, 0) is 0 Å². The molecule has 0 amide bonds. The van der Waals surface area contributed by atoms with E-state index in [1.165, 1.54) is 18.2 Å². The fraction of sp³-hybridized carbons (Fsp3) is 0.571. The van der Waals surface area contributed by atoms with E-state index in [1.807, 2.05) is 6.92 Å². The number of aliphatic hydroxyl groups is 1. The predicted octanol–water partition coefficient (Wildman–Crippen LogP) is 4.20. The highest BCUT2D eigenvalue weighted by atomic mass is 19.4. The van der Waals surface area contributed by atoms with E-state index >= 15 is 0 Å². The summed E-state index contributed by atoms with van der Waals surface area (Å²) in [4.78, 5) is 0. The van der Waals surface area contributed by atoms with Gasteiger partial charge >= 0.3 is 6.36 Å². The van der Waals surface area contributed by atoms with Gasteiger partial charge in [0.1, 0.15) is 5.75 Å². The second kappa shape index (κ2) is 5.04. The molecule has 1 unspecified atom stereocenters. The molecule has 0 saturated heterocycles. The Labute approximate surface area is 110 Å². The van der Waals surface area contributed by atoms with Gasteiger partial charge in [0, 0.05) is 5.56 Å². The monoisotopic (exact) mass is 274 g/mol. The Balaban J connectivity index is 2.29. The van der Waals surface area contributed by atoms with Crippen molar-refractivity contribution in [3.63, 3.8) is 0 Å². The Kier molecular flexibility index (Phi) is 3.76. The maximum absolute atomic E-state index is 12.4. The number of halogens is 3. The molecule has 1 aliphatic rings. The van der Waals surface area contributed by atoms with Gasteiger partial charge < -0.3 is 9.84 Å². The molecule has 1 aliphatic carbocycles. The van der Waals surface area contributed by atoms with Crippen LogP contribution in [0, 0.1) is 5.41 Å². The van der Waals surface area contributed by atoms with Gasteiger partial charge in [-0.1, -0.05) is 38.0 Å². The molecule has 0 spiro atoms. The first-order chi connectivity index (χ1) is 8.82. The minimum absolute atomic E-state index is 0.212. The number of ether oxygens (including phenoxy) is 1. The van der Waals surface area contributed by atoms with Crippen LogP contribution in [0.15, 0.2) is 24.3 Å². The van der Waals surface area contributed by atoms with E-state index in [0.717, 1.165) is 25.7 Å². The standard InChI is InChI=1S/C14H17F3O2/c1-13(8-4-5-9-13)12(18)10-6-2-3-7-11(10)19-14(15,16)17/h2-3,6-7,12,18H,4-5,8-9H2,1H3. The predicted molar refractivity (Wildman–Crippen MR) is 64.7 cm³/mol. The summed E-state index contributed by atoms with van der Waals surface area (Å²) in [5.41, 5.74) is -0.158. The highest BCUT2D eigenvalue weighted by Crippen LogP contribution is 2.49. The van der Waals surface area contributed by atoms with E-state index in [-0.39, 0.29) is 16.7 Å². The molecule has 0 heterocycles. The molecule has 5 heteroatoms. The maximum atomic E-state index is 12.4. The molecule has 2 rings (SSSR count). The molecule has 1 N–H and O–H groups in total. The van der Waals surface area contributed by atoms with Crippen molar-refractivity contribution in [1.29, 1.82) is 0 Å². The van der Waals surface area contributed by atoms with Crippen molar-refractivity contribution < 1.29 is 23.0 Å². The quantitative estimate of drug-likeness (QED) is 0.895. The Morgan fingerprint density at radius 2 is 1.79 bits per heavy atom. The third-order valence-electron chi connectivity index (χ3n) is 3.85. The molecule has 0 aromatic heterocycles. The van der Waals surface area contributed by atoms with Crippen molar-refractivity contribution in [1.82, 2.24) is 0 Å². The van der Waals surface area contributed by atoms with Gasteiger partial charge in [-0.15, -0.1) is 13.2 Å². The molecule has 1 atom stereocenters. The van der Waals surface area contributed by atoms with Crippen LogP contribution in [-0.4, -0.2) is 11.5 Å². The third kappa shape index (κ3) is 3.21. The van der Waals surface area contributed by atoms with Gasteiger partial charge in [0.15, 0.2) is 0 Å². The normalized spacial score (nSPS) is 20.3. The Bertz CT molecular complexity index is 437. The van der Waals surface area contributed by atoms with Crippen molar-refractivity contribution in [3.8, 4) is 5.75 Å². The minimum atomic E-state index is -4.74. The lowest BCUT2D eigenvalue weighted by atomic mass is 9.79. The van der Waals surface area contributed by atoms with Crippen molar-refractivity contribution in [2.24, 2.45) is 5.41 Å². The number of para-hydroxylation sites is 1. The number of hydrogen-bond acceptors (Lipinski definition) is 2. The lowest BCUT2D eigenvalue weighted by Gasteiger charge is -2.31. The van der Waals surface area contributed by atoms with Crippen LogP contribution < -0.4 is 4.74 Å². The first-order valence-electron chi connectivity index (χ1n) is 6.35. The zero-order valence-corrected chi connectivity index (χ0v) is 10.7. The highest BCUT2D eigenvalue weighted by molar-refractivity contribution is 5.36. The average Bonchev–Trinajstić information content (AvgIpc) is 2.75. The lowest BCUT2D eigenvalue weighted by molar-refractivity contribution is -0.275. The first-order valence-corrected chi connectivity index (χ1v) is 6.35. The molecule has 1 saturated carbocycles. The van der Waals surface area contributed by atoms with Crippen LogP contribution >= 0.6 is 0 Å². The van der Waals surface area contributed by atoms with E-state index in [2.05, 4.69) is 4.74 Å². The zero-order valence-electron chi connectivity index (χ0n) is 10.7. The van der Waals surface area contributed by atoms with Gasteiger partial charge in [-0.05, 0) is 24.3 Å². The average molecular weight is 274 g/mol. The number of rotatable bonds is 3. The summed E-state index contributed by atoms with van der Waals surface area (Å²) in [5, 5.41) is 10.4. The Hall–Kier alpha value is -1.23. The second-order valence-corrected chi connectivity index (χ2v) is 5.35. The summed E-state index contributed by atoms with van der Waals surface area (Å²) in [7, 11) is 0. The summed E-state index contributed by atoms with van der Waals surface area (Å²) < 4.78 is 41.1. The number of aliphatic hydroxyl groups excluding tert-OH is 1. The maximum Gasteiger partial charge on any atom is 0.573 e. The van der Waals surface area contributed by atoms with Crippen molar-refractivity contribution in [3.05, 3.63) is 29.8 Å². The van der Waals surface area contributed by atoms with Gasteiger partial charge in [-0.3, -0.25) is 0 Å². The highest BCUT2D eigenvalue weighted by Gasteiger charge is 2.39. The van der Waals surface area contributed by atoms with Crippen LogP contribution in [0.5, 0.6) is 5.75 Å². The molecule has 1 aromatic carbocycles. The lowest BCUT2D eigenvalue weighted by Crippen LogP contribution is -2.24. The van der Waals surface area contributed by atoms with Crippen molar-refractivity contribution in [2.45, 2.75) is 45.1 Å². The molecule has 2 nitrogen and oxygen atoms in total. The summed E-state index contributed by atoms with van der Waals surface area (Å²) in [6.07, 6.45) is -2.06. The van der Waals surface area contributed by atoms with Crippen LogP contribution in [0.1, 0.15) is 44.3 Å². The molecular weight excluding hydrogens is 257 g/mol. The van der Waals surface area contributed by atoms with Crippen LogP contribution in [0.3, 0.4) is 0 Å². The van der Waals surface area contributed by atoms with Crippen molar-refractivity contribution in [2.75, 3.05) is 0 Å². The molecule has 0 radical (unpaired) electrons. The SMILES string of the molecule is CC1(C(O)c2ccccc2OC(F)(F)F)CCCC1. The molecule has 0 bridgehead atoms. The van der Waals surface area contributed by atoms with Gasteiger partial charge in [0.25, 0.3) is 0 Å². The smallest absolute Gasteiger partial charge is 0.405 e. The van der Waals surface area contributed by atoms with E-state index < -0.39 is 12.5 Å². The molecule has 0 aliphatic heterocycles. The first kappa shape index (κ1) is 14.2. The summed E-state index contributed by atoms with van der Waals surface area (Å²) in [6, 6.07) is 5.81. The Morgan fingerprint density at radius 3 is 2.37 bits per heavy atom. The number of alkyl halides is 3. The molecule has 1 aromatic rings. The van der Waals surface area contributed by atoms with E-state index in [0.29, 0.717) is 0 Å². The zero-order chi connectivity index (χ0) is 14.1. The van der Waals surface area contributed by atoms with Crippen LogP contribution in [0.4, 0.5) is 13.2 Å². The molecule has 1 fully saturated rings. The third-order valence-corrected chi connectivity index (χ3v) is 3.85. The number of benzene rings is 1. The van der Waals surface area contributed by atoms with Gasteiger partial charge in [0.05, 0.1) is 6.10 Å². The Morgan fingerprint density at radius 1 is 1.21 bits per heavy atom. The topological polar surface area (TPSA) is 29.5 Å². The van der Waals surface area contributed by atoms with E-state index in [1.54, 1.807) is 6.07 Å². The van der Waals surface area contributed by atoms with Gasteiger partial charge in [-0.25, -0.2) is 0 Å². The minimum Gasteiger partial charge on any atom is -0.405 e. The molecule has 19 heavy (non-hydrogen) atoms. The van der Waals surface area contributed by atoms with E-state index in [9.17, 15) is 18.3 Å². The van der Waals surface area contributed by atoms with Gasteiger partial charge in [0.2, 0.25) is 0 Å². The summed E-state index contributed by atoms with van der Waals surface area (Å²) >= 11 is 0. The molecular formula is C14H17F3O2. The largest absolute Gasteiger partial charge is 0.573 e. The van der Waals surface area contributed by atoms with Crippen LogP contribution in [0.2, 0.25) is 0 Å². The van der Waals surface area contributed by atoms with Crippen LogP contribution in [0.25, 0.3) is 0 Å². The fourth-order valence-corrected chi connectivity index (χ4v) is 2.76. The summed E-state index contributed by atoms with van der Waals surface area (Å²) in [5.74, 6) is -0.310. The second-order valence-electron chi connectivity index (χ2n) is 5.35. The van der Waals surface area contributed by atoms with E-state index in [4.69, 9.17) is 0 Å². The summed E-state index contributed by atoms with van der Waals surface area (Å²) in [6.45, 7) is 1.91. The number of hydrogen-bond donors (Lipinski definition) is 1. The molecule has 106 valence electrons.